The monoisotopic (exact) mass is 351 g/mol. The summed E-state index contributed by atoms with van der Waals surface area (Å²) in [7, 11) is 1.46. The van der Waals surface area contributed by atoms with Crippen molar-refractivity contribution in [2.75, 3.05) is 7.11 Å². The smallest absolute Gasteiger partial charge is 0.256 e. The molecular formula is C18H26ClN3O2. The lowest BCUT2D eigenvalue weighted by molar-refractivity contribution is 0.0926. The lowest BCUT2D eigenvalue weighted by Crippen LogP contribution is -2.47. The number of rotatable bonds is 6. The van der Waals surface area contributed by atoms with Gasteiger partial charge in [-0.25, -0.2) is 0 Å². The van der Waals surface area contributed by atoms with Gasteiger partial charge in [-0.05, 0) is 31.7 Å². The molecule has 0 radical (unpaired) electrons. The van der Waals surface area contributed by atoms with E-state index in [1.165, 1.54) is 19.2 Å². The molecule has 132 valence electrons. The average Bonchev–Trinajstić information content (AvgIpc) is 2.44. The van der Waals surface area contributed by atoms with Crippen LogP contribution in [0.3, 0.4) is 0 Å². The van der Waals surface area contributed by atoms with Crippen LogP contribution >= 0.6 is 11.6 Å². The summed E-state index contributed by atoms with van der Waals surface area (Å²) in [6.07, 6.45) is 0.761. The highest BCUT2D eigenvalue weighted by Gasteiger charge is 2.20. The molecule has 1 amide bonds. The van der Waals surface area contributed by atoms with Crippen molar-refractivity contribution >= 4 is 17.5 Å². The van der Waals surface area contributed by atoms with E-state index in [1.54, 1.807) is 0 Å². The van der Waals surface area contributed by atoms with E-state index >= 15 is 0 Å². The molecule has 1 aromatic rings. The fourth-order valence-electron chi connectivity index (χ4n) is 2.71. The molecule has 2 unspecified atom stereocenters. The molecule has 0 aliphatic heterocycles. The first kappa shape index (κ1) is 20.3. The SMILES string of the molecule is COc1cc(Cl)c(C#N)cc1C(=O)NC(C)NC(C)CC(C)(C)C. The molecule has 5 nitrogen and oxygen atoms in total. The van der Waals surface area contributed by atoms with Crippen molar-refractivity contribution in [3.8, 4) is 11.8 Å². The topological polar surface area (TPSA) is 74.1 Å². The zero-order valence-electron chi connectivity index (χ0n) is 15.2. The number of nitrogens with one attached hydrogen (secondary N) is 2. The zero-order valence-corrected chi connectivity index (χ0v) is 15.9. The first-order valence-electron chi connectivity index (χ1n) is 7.92. The van der Waals surface area contributed by atoms with Crippen LogP contribution in [-0.4, -0.2) is 25.2 Å². The Labute approximate surface area is 149 Å². The molecule has 0 aliphatic rings. The number of nitrogens with zero attached hydrogens (tertiary/aromatic N) is 1. The second-order valence-electron chi connectivity index (χ2n) is 7.17. The summed E-state index contributed by atoms with van der Waals surface area (Å²) >= 11 is 5.97. The predicted molar refractivity (Wildman–Crippen MR) is 96.3 cm³/mol. The fourth-order valence-corrected chi connectivity index (χ4v) is 2.90. The van der Waals surface area contributed by atoms with Gasteiger partial charge in [-0.3, -0.25) is 10.1 Å². The van der Waals surface area contributed by atoms with E-state index in [4.69, 9.17) is 21.6 Å². The Kier molecular flexibility index (Phi) is 7.07. The molecular weight excluding hydrogens is 326 g/mol. The molecule has 1 aromatic carbocycles. The number of carbonyl (C=O) groups is 1. The van der Waals surface area contributed by atoms with Gasteiger partial charge in [0.2, 0.25) is 0 Å². The largest absolute Gasteiger partial charge is 0.496 e. The van der Waals surface area contributed by atoms with E-state index in [1.807, 2.05) is 13.0 Å². The van der Waals surface area contributed by atoms with Gasteiger partial charge in [0.1, 0.15) is 11.8 Å². The molecule has 0 saturated heterocycles. The second kappa shape index (κ2) is 8.36. The Hall–Kier alpha value is -1.77. The number of benzene rings is 1. The van der Waals surface area contributed by atoms with Gasteiger partial charge in [-0.2, -0.15) is 5.26 Å². The van der Waals surface area contributed by atoms with E-state index < -0.39 is 0 Å². The van der Waals surface area contributed by atoms with Gasteiger partial charge >= 0.3 is 0 Å². The van der Waals surface area contributed by atoms with Gasteiger partial charge < -0.3 is 10.1 Å². The number of amides is 1. The molecule has 0 aliphatic carbocycles. The highest BCUT2D eigenvalue weighted by Crippen LogP contribution is 2.27. The van der Waals surface area contributed by atoms with Crippen molar-refractivity contribution in [3.63, 3.8) is 0 Å². The van der Waals surface area contributed by atoms with Crippen molar-refractivity contribution in [2.24, 2.45) is 5.41 Å². The summed E-state index contributed by atoms with van der Waals surface area (Å²) in [6, 6.07) is 5.15. The number of ether oxygens (including phenoxy) is 1. The summed E-state index contributed by atoms with van der Waals surface area (Å²) in [4.78, 5) is 12.5. The number of nitriles is 1. The van der Waals surface area contributed by atoms with E-state index in [9.17, 15) is 4.79 Å². The second-order valence-corrected chi connectivity index (χ2v) is 7.58. The standard InChI is InChI=1S/C18H26ClN3O2/c1-11(9-18(3,4)5)21-12(2)22-17(23)14-7-13(10-20)15(19)8-16(14)24-6/h7-8,11-12,21H,9H2,1-6H3,(H,22,23). The summed E-state index contributed by atoms with van der Waals surface area (Å²) in [5, 5.41) is 15.6. The van der Waals surface area contributed by atoms with Crippen LogP contribution in [0.1, 0.15) is 57.0 Å². The van der Waals surface area contributed by atoms with Crippen LogP contribution in [0.25, 0.3) is 0 Å². The summed E-state index contributed by atoms with van der Waals surface area (Å²) in [5.74, 6) is 0.0226. The summed E-state index contributed by atoms with van der Waals surface area (Å²) < 4.78 is 5.20. The lowest BCUT2D eigenvalue weighted by Gasteiger charge is -2.27. The molecule has 0 fully saturated rings. The summed E-state index contributed by atoms with van der Waals surface area (Å²) in [6.45, 7) is 10.5. The van der Waals surface area contributed by atoms with Crippen LogP contribution in [0.4, 0.5) is 0 Å². The van der Waals surface area contributed by atoms with E-state index in [0.29, 0.717) is 5.75 Å². The fraction of sp³-hybridized carbons (Fsp3) is 0.556. The minimum atomic E-state index is -0.317. The maximum atomic E-state index is 12.5. The molecule has 1 rings (SSSR count). The quantitative estimate of drug-likeness (QED) is 0.766. The lowest BCUT2D eigenvalue weighted by atomic mass is 9.88. The minimum absolute atomic E-state index is 0.206. The minimum Gasteiger partial charge on any atom is -0.496 e. The van der Waals surface area contributed by atoms with Gasteiger partial charge in [0.05, 0.1) is 29.4 Å². The molecule has 2 N–H and O–H groups in total. The van der Waals surface area contributed by atoms with Crippen molar-refractivity contribution in [1.82, 2.24) is 10.6 Å². The van der Waals surface area contributed by atoms with Crippen molar-refractivity contribution in [2.45, 2.75) is 53.2 Å². The number of hydrogen-bond donors (Lipinski definition) is 2. The Balaban J connectivity index is 2.83. The van der Waals surface area contributed by atoms with Crippen molar-refractivity contribution in [3.05, 3.63) is 28.3 Å². The van der Waals surface area contributed by atoms with Crippen LogP contribution in [-0.2, 0) is 0 Å². The number of hydrogen-bond acceptors (Lipinski definition) is 4. The molecule has 0 spiro atoms. The molecule has 2 atom stereocenters. The van der Waals surface area contributed by atoms with E-state index in [0.717, 1.165) is 6.42 Å². The summed E-state index contributed by atoms with van der Waals surface area (Å²) in [5.41, 5.74) is 0.733. The number of halogens is 1. The number of carbonyl (C=O) groups excluding carboxylic acids is 1. The van der Waals surface area contributed by atoms with Gasteiger partial charge in [-0.1, -0.05) is 32.4 Å². The van der Waals surface area contributed by atoms with Gasteiger partial charge in [-0.15, -0.1) is 0 Å². The maximum Gasteiger partial charge on any atom is 0.256 e. The Bertz CT molecular complexity index is 632. The normalized spacial score (nSPS) is 13.8. The highest BCUT2D eigenvalue weighted by atomic mass is 35.5. The van der Waals surface area contributed by atoms with Crippen LogP contribution in [0, 0.1) is 16.7 Å². The molecule has 24 heavy (non-hydrogen) atoms. The predicted octanol–water partition coefficient (Wildman–Crippen LogP) is 3.71. The first-order valence-corrected chi connectivity index (χ1v) is 8.29. The van der Waals surface area contributed by atoms with Crippen molar-refractivity contribution < 1.29 is 9.53 Å². The molecule has 0 aromatic heterocycles. The zero-order chi connectivity index (χ0) is 18.5. The Morgan fingerprint density at radius 2 is 2.00 bits per heavy atom. The maximum absolute atomic E-state index is 12.5. The van der Waals surface area contributed by atoms with Crippen LogP contribution in [0.15, 0.2) is 12.1 Å². The van der Waals surface area contributed by atoms with Crippen LogP contribution in [0.2, 0.25) is 5.02 Å². The molecule has 0 saturated carbocycles. The average molecular weight is 352 g/mol. The van der Waals surface area contributed by atoms with Gasteiger partial charge in [0.25, 0.3) is 5.91 Å². The van der Waals surface area contributed by atoms with Crippen LogP contribution in [0.5, 0.6) is 5.75 Å². The highest BCUT2D eigenvalue weighted by molar-refractivity contribution is 6.32. The van der Waals surface area contributed by atoms with Crippen molar-refractivity contribution in [1.29, 1.82) is 5.26 Å². The Morgan fingerprint density at radius 1 is 1.38 bits per heavy atom. The van der Waals surface area contributed by atoms with Gasteiger partial charge in [0, 0.05) is 12.1 Å². The van der Waals surface area contributed by atoms with E-state index in [2.05, 4.69) is 38.3 Å². The molecule has 6 heteroatoms. The third-order valence-corrected chi connectivity index (χ3v) is 3.77. The molecule has 0 bridgehead atoms. The third kappa shape index (κ3) is 6.03. The van der Waals surface area contributed by atoms with Gasteiger partial charge in [0.15, 0.2) is 0 Å². The Morgan fingerprint density at radius 3 is 2.50 bits per heavy atom. The number of methoxy groups -OCH3 is 1. The molecule has 0 heterocycles. The first-order chi connectivity index (χ1) is 11.1. The van der Waals surface area contributed by atoms with E-state index in [-0.39, 0.29) is 39.7 Å². The third-order valence-electron chi connectivity index (χ3n) is 3.45. The van der Waals surface area contributed by atoms with Crippen LogP contribution < -0.4 is 15.4 Å².